The Morgan fingerprint density at radius 3 is 3.07 bits per heavy atom. The molecular formula is C10H11N3OS. The summed E-state index contributed by atoms with van der Waals surface area (Å²) < 4.78 is 1.81. The van der Waals surface area contributed by atoms with Crippen LogP contribution >= 0.6 is 11.3 Å². The van der Waals surface area contributed by atoms with Gasteiger partial charge in [0.05, 0.1) is 11.7 Å². The molecule has 0 fully saturated rings. The molecule has 2 aromatic heterocycles. The normalized spacial score (nSPS) is 10.5. The Hall–Kier alpha value is -1.49. The van der Waals surface area contributed by atoms with Gasteiger partial charge in [0.25, 0.3) is 0 Å². The van der Waals surface area contributed by atoms with Crippen LogP contribution in [0.15, 0.2) is 23.3 Å². The van der Waals surface area contributed by atoms with Gasteiger partial charge in [0, 0.05) is 24.5 Å². The first-order valence-electron chi connectivity index (χ1n) is 4.72. The van der Waals surface area contributed by atoms with Crippen LogP contribution in [0.25, 0.3) is 0 Å². The zero-order chi connectivity index (χ0) is 10.7. The summed E-state index contributed by atoms with van der Waals surface area (Å²) in [6.07, 6.45) is 4.00. The van der Waals surface area contributed by atoms with Crippen LogP contribution in [0, 0.1) is 0 Å². The van der Waals surface area contributed by atoms with Crippen LogP contribution in [0.3, 0.4) is 0 Å². The molecule has 0 aliphatic heterocycles. The largest absolute Gasteiger partial charge is 0.292 e. The maximum atomic E-state index is 11.7. The van der Waals surface area contributed by atoms with Gasteiger partial charge < -0.3 is 0 Å². The van der Waals surface area contributed by atoms with Crippen LogP contribution in [0.1, 0.15) is 23.0 Å². The lowest BCUT2D eigenvalue weighted by Crippen LogP contribution is -2.03. The fourth-order valence-electron chi connectivity index (χ4n) is 1.30. The zero-order valence-corrected chi connectivity index (χ0v) is 9.20. The van der Waals surface area contributed by atoms with Crippen molar-refractivity contribution >= 4 is 17.1 Å². The Balaban J connectivity index is 2.06. The minimum absolute atomic E-state index is 0.0481. The van der Waals surface area contributed by atoms with Crippen molar-refractivity contribution < 1.29 is 4.79 Å². The molecule has 4 nitrogen and oxygen atoms in total. The van der Waals surface area contributed by atoms with E-state index >= 15 is 0 Å². The fraction of sp³-hybridized carbons (Fsp3) is 0.300. The molecule has 0 aromatic carbocycles. The number of hydrogen-bond donors (Lipinski definition) is 0. The number of ketones is 1. The van der Waals surface area contributed by atoms with E-state index in [2.05, 4.69) is 10.1 Å². The van der Waals surface area contributed by atoms with Crippen LogP contribution in [0.4, 0.5) is 0 Å². The molecule has 2 rings (SSSR count). The lowest BCUT2D eigenvalue weighted by atomic mass is 10.1. The summed E-state index contributed by atoms with van der Waals surface area (Å²) in [5.74, 6) is 0.0481. The third-order valence-electron chi connectivity index (χ3n) is 2.09. The summed E-state index contributed by atoms with van der Waals surface area (Å²) in [4.78, 5) is 15.7. The van der Waals surface area contributed by atoms with E-state index in [9.17, 15) is 4.79 Å². The van der Waals surface area contributed by atoms with E-state index in [-0.39, 0.29) is 5.78 Å². The summed E-state index contributed by atoms with van der Waals surface area (Å²) in [6.45, 7) is 2.84. The second-order valence-corrected chi connectivity index (χ2v) is 3.90. The quantitative estimate of drug-likeness (QED) is 0.739. The SMILES string of the molecule is CCn1cc(CC(=O)c2cscn2)cn1. The summed E-state index contributed by atoms with van der Waals surface area (Å²) in [5.41, 5.74) is 3.15. The van der Waals surface area contributed by atoms with E-state index in [0.717, 1.165) is 12.1 Å². The molecule has 0 atom stereocenters. The van der Waals surface area contributed by atoms with Crippen LogP contribution < -0.4 is 0 Å². The van der Waals surface area contributed by atoms with E-state index in [4.69, 9.17) is 0 Å². The van der Waals surface area contributed by atoms with Crippen LogP contribution in [0.2, 0.25) is 0 Å². The van der Waals surface area contributed by atoms with Crippen molar-refractivity contribution in [2.24, 2.45) is 0 Å². The maximum Gasteiger partial charge on any atom is 0.186 e. The van der Waals surface area contributed by atoms with Gasteiger partial charge in [-0.15, -0.1) is 11.3 Å². The molecule has 0 radical (unpaired) electrons. The van der Waals surface area contributed by atoms with Crippen LogP contribution in [0.5, 0.6) is 0 Å². The summed E-state index contributed by atoms with van der Waals surface area (Å²) in [7, 11) is 0. The van der Waals surface area contributed by atoms with E-state index < -0.39 is 0 Å². The van der Waals surface area contributed by atoms with Crippen molar-refractivity contribution in [1.82, 2.24) is 14.8 Å². The number of nitrogens with zero attached hydrogens (tertiary/aromatic N) is 3. The Morgan fingerprint density at radius 2 is 2.47 bits per heavy atom. The number of thiazole rings is 1. The highest BCUT2D eigenvalue weighted by atomic mass is 32.1. The fourth-order valence-corrected chi connectivity index (χ4v) is 1.85. The lowest BCUT2D eigenvalue weighted by molar-refractivity contribution is 0.0989. The first-order valence-corrected chi connectivity index (χ1v) is 5.66. The summed E-state index contributed by atoms with van der Waals surface area (Å²) >= 11 is 1.44. The van der Waals surface area contributed by atoms with Gasteiger partial charge in [-0.25, -0.2) is 4.98 Å². The number of carbonyl (C=O) groups excluding carboxylic acids is 1. The van der Waals surface area contributed by atoms with Gasteiger partial charge >= 0.3 is 0 Å². The van der Waals surface area contributed by atoms with E-state index in [1.54, 1.807) is 17.1 Å². The van der Waals surface area contributed by atoms with Gasteiger partial charge in [0.2, 0.25) is 0 Å². The number of aryl methyl sites for hydroxylation is 1. The molecule has 2 aromatic rings. The van der Waals surface area contributed by atoms with Gasteiger partial charge in [-0.05, 0) is 12.5 Å². The molecule has 15 heavy (non-hydrogen) atoms. The first kappa shape index (κ1) is 10.0. The Labute approximate surface area is 91.6 Å². The minimum Gasteiger partial charge on any atom is -0.292 e. The molecule has 0 amide bonds. The monoisotopic (exact) mass is 221 g/mol. The first-order chi connectivity index (χ1) is 7.29. The van der Waals surface area contributed by atoms with Crippen molar-refractivity contribution in [3.63, 3.8) is 0 Å². The van der Waals surface area contributed by atoms with Gasteiger partial charge in [-0.1, -0.05) is 0 Å². The van der Waals surface area contributed by atoms with E-state index in [0.29, 0.717) is 12.1 Å². The zero-order valence-electron chi connectivity index (χ0n) is 8.38. The molecule has 0 bridgehead atoms. The molecule has 0 saturated heterocycles. The van der Waals surface area contributed by atoms with Crippen molar-refractivity contribution in [2.75, 3.05) is 0 Å². The summed E-state index contributed by atoms with van der Waals surface area (Å²) in [6, 6.07) is 0. The number of hydrogen-bond acceptors (Lipinski definition) is 4. The number of carbonyl (C=O) groups is 1. The van der Waals surface area contributed by atoms with Crippen LogP contribution in [-0.2, 0) is 13.0 Å². The second-order valence-electron chi connectivity index (χ2n) is 3.18. The molecule has 0 aliphatic rings. The highest BCUT2D eigenvalue weighted by Gasteiger charge is 2.09. The second kappa shape index (κ2) is 4.35. The highest BCUT2D eigenvalue weighted by molar-refractivity contribution is 7.07. The molecule has 78 valence electrons. The van der Waals surface area contributed by atoms with Crippen molar-refractivity contribution in [3.05, 3.63) is 34.5 Å². The predicted octanol–water partition coefficient (Wildman–Crippen LogP) is 1.78. The van der Waals surface area contributed by atoms with Gasteiger partial charge in [-0.3, -0.25) is 9.48 Å². The lowest BCUT2D eigenvalue weighted by Gasteiger charge is -1.93. The Kier molecular flexibility index (Phi) is 2.91. The highest BCUT2D eigenvalue weighted by Crippen LogP contribution is 2.07. The van der Waals surface area contributed by atoms with Gasteiger partial charge in [0.1, 0.15) is 5.69 Å². The molecule has 2 heterocycles. The minimum atomic E-state index is 0.0481. The van der Waals surface area contributed by atoms with Gasteiger partial charge in [-0.2, -0.15) is 5.10 Å². The third kappa shape index (κ3) is 2.30. The molecule has 0 unspecified atom stereocenters. The van der Waals surface area contributed by atoms with E-state index in [1.807, 2.05) is 17.8 Å². The Morgan fingerprint density at radius 1 is 1.60 bits per heavy atom. The molecule has 0 N–H and O–H groups in total. The third-order valence-corrected chi connectivity index (χ3v) is 2.68. The number of aromatic nitrogens is 3. The molecule has 0 spiro atoms. The molecule has 0 saturated carbocycles. The van der Waals surface area contributed by atoms with Crippen molar-refractivity contribution in [2.45, 2.75) is 19.9 Å². The van der Waals surface area contributed by atoms with E-state index in [1.165, 1.54) is 11.3 Å². The van der Waals surface area contributed by atoms with Gasteiger partial charge in [0.15, 0.2) is 5.78 Å². The number of rotatable bonds is 4. The molecular weight excluding hydrogens is 210 g/mol. The summed E-state index contributed by atoms with van der Waals surface area (Å²) in [5, 5.41) is 5.89. The molecule has 0 aliphatic carbocycles. The average Bonchev–Trinajstić information content (AvgIpc) is 2.87. The molecule has 5 heteroatoms. The topological polar surface area (TPSA) is 47.8 Å². The average molecular weight is 221 g/mol. The predicted molar refractivity (Wildman–Crippen MR) is 58.0 cm³/mol. The smallest absolute Gasteiger partial charge is 0.186 e. The number of Topliss-reactive ketones (excluding diaryl/α,β-unsaturated/α-hetero) is 1. The Bertz CT molecular complexity index is 447. The maximum absolute atomic E-state index is 11.7. The van der Waals surface area contributed by atoms with Crippen LogP contribution in [-0.4, -0.2) is 20.5 Å². The van der Waals surface area contributed by atoms with Crippen molar-refractivity contribution in [1.29, 1.82) is 0 Å². The standard InChI is InChI=1S/C10H11N3OS/c1-2-13-5-8(4-12-13)3-10(14)9-6-15-7-11-9/h4-7H,2-3H2,1H3. The van der Waals surface area contributed by atoms with Crippen molar-refractivity contribution in [3.8, 4) is 0 Å².